The van der Waals surface area contributed by atoms with Gasteiger partial charge in [0.25, 0.3) is 0 Å². The maximum absolute atomic E-state index is 13.1. The third-order valence-electron chi connectivity index (χ3n) is 5.95. The van der Waals surface area contributed by atoms with Gasteiger partial charge in [-0.1, -0.05) is 36.4 Å². The molecule has 0 amide bonds. The van der Waals surface area contributed by atoms with Crippen LogP contribution in [0.15, 0.2) is 60.8 Å². The maximum atomic E-state index is 13.1. The summed E-state index contributed by atoms with van der Waals surface area (Å²) in [5, 5.41) is 0. The average Bonchev–Trinajstić information content (AvgIpc) is 2.79. The molecule has 4 rings (SSSR count). The Bertz CT molecular complexity index is 1070. The number of ether oxygens (including phenoxy) is 2. The molecule has 1 aliphatic heterocycles. The molecule has 0 saturated carbocycles. The van der Waals surface area contributed by atoms with Crippen LogP contribution in [0.25, 0.3) is 11.1 Å². The highest BCUT2D eigenvalue weighted by Crippen LogP contribution is 2.28. The monoisotopic (exact) mass is 430 g/mol. The highest BCUT2D eigenvalue weighted by molar-refractivity contribution is 6.00. The van der Waals surface area contributed by atoms with Crippen LogP contribution in [-0.4, -0.2) is 43.2 Å². The lowest BCUT2D eigenvalue weighted by Gasteiger charge is -2.36. The lowest BCUT2D eigenvalue weighted by molar-refractivity contribution is -0.00546. The fourth-order valence-electron chi connectivity index (χ4n) is 4.37. The highest BCUT2D eigenvalue weighted by Gasteiger charge is 2.23. The van der Waals surface area contributed by atoms with Crippen LogP contribution in [0, 0.1) is 6.92 Å². The van der Waals surface area contributed by atoms with Crippen LogP contribution in [-0.2, 0) is 11.2 Å². The molecular weight excluding hydrogens is 400 g/mol. The number of aromatic nitrogens is 1. The molecule has 1 aromatic heterocycles. The molecule has 2 aromatic carbocycles. The van der Waals surface area contributed by atoms with Crippen molar-refractivity contribution >= 4 is 11.6 Å². The molecule has 2 unspecified atom stereocenters. The van der Waals surface area contributed by atoms with E-state index in [9.17, 15) is 4.79 Å². The predicted molar refractivity (Wildman–Crippen MR) is 128 cm³/mol. The Hall–Kier alpha value is -3.18. The summed E-state index contributed by atoms with van der Waals surface area (Å²) >= 11 is 0. The first kappa shape index (κ1) is 22.0. The quantitative estimate of drug-likeness (QED) is 0.509. The number of hydrogen-bond acceptors (Lipinski definition) is 5. The number of Topliss-reactive ketones (excluding diaryl/α,β-unsaturated/α-hetero) is 1. The van der Waals surface area contributed by atoms with E-state index in [-0.39, 0.29) is 18.0 Å². The van der Waals surface area contributed by atoms with E-state index in [0.717, 1.165) is 52.5 Å². The van der Waals surface area contributed by atoms with Gasteiger partial charge in [0.15, 0.2) is 5.78 Å². The second-order valence-corrected chi connectivity index (χ2v) is 8.49. The first-order valence-electron chi connectivity index (χ1n) is 11.1. The number of hydrogen-bond donors (Lipinski definition) is 0. The van der Waals surface area contributed by atoms with Gasteiger partial charge in [-0.15, -0.1) is 0 Å². The summed E-state index contributed by atoms with van der Waals surface area (Å²) in [5.41, 5.74) is 4.78. The van der Waals surface area contributed by atoms with Gasteiger partial charge in [0.05, 0.1) is 19.3 Å². The maximum Gasteiger partial charge on any atom is 0.167 e. The number of carbonyl (C=O) groups excluding carboxylic acids is 1. The van der Waals surface area contributed by atoms with Gasteiger partial charge >= 0.3 is 0 Å². The minimum Gasteiger partial charge on any atom is -0.497 e. The summed E-state index contributed by atoms with van der Waals surface area (Å²) in [6.07, 6.45) is 2.52. The topological polar surface area (TPSA) is 51.7 Å². The summed E-state index contributed by atoms with van der Waals surface area (Å²) in [7, 11) is 1.66. The van der Waals surface area contributed by atoms with Crippen LogP contribution in [0.4, 0.5) is 5.82 Å². The van der Waals surface area contributed by atoms with Gasteiger partial charge < -0.3 is 14.4 Å². The molecule has 0 bridgehead atoms. The largest absolute Gasteiger partial charge is 0.497 e. The van der Waals surface area contributed by atoms with Gasteiger partial charge in [0, 0.05) is 31.3 Å². The van der Waals surface area contributed by atoms with Gasteiger partial charge in [0.2, 0.25) is 0 Å². The summed E-state index contributed by atoms with van der Waals surface area (Å²) < 4.78 is 11.1. The molecule has 32 heavy (non-hydrogen) atoms. The van der Waals surface area contributed by atoms with E-state index >= 15 is 0 Å². The average molecular weight is 431 g/mol. The molecular formula is C27H30N2O3. The van der Waals surface area contributed by atoms with Crippen LogP contribution >= 0.6 is 0 Å². The van der Waals surface area contributed by atoms with E-state index in [1.54, 1.807) is 7.11 Å². The number of carbonyl (C=O) groups is 1. The third kappa shape index (κ3) is 4.83. The first-order valence-corrected chi connectivity index (χ1v) is 11.1. The molecule has 0 aliphatic carbocycles. The van der Waals surface area contributed by atoms with Crippen molar-refractivity contribution in [1.29, 1.82) is 0 Å². The van der Waals surface area contributed by atoms with E-state index in [1.165, 1.54) is 0 Å². The Morgan fingerprint density at radius 3 is 2.41 bits per heavy atom. The lowest BCUT2D eigenvalue weighted by Crippen LogP contribution is -2.45. The minimum atomic E-state index is 0.0982. The normalized spacial score (nSPS) is 18.4. The van der Waals surface area contributed by atoms with Crippen LogP contribution in [0.5, 0.6) is 5.75 Å². The number of morpholine rings is 1. The fourth-order valence-corrected chi connectivity index (χ4v) is 4.37. The molecule has 166 valence electrons. The van der Waals surface area contributed by atoms with E-state index < -0.39 is 0 Å². The van der Waals surface area contributed by atoms with Gasteiger partial charge in [-0.25, -0.2) is 4.98 Å². The van der Waals surface area contributed by atoms with E-state index in [2.05, 4.69) is 29.8 Å². The zero-order valence-electron chi connectivity index (χ0n) is 19.2. The Balaban J connectivity index is 1.49. The number of ketones is 1. The zero-order chi connectivity index (χ0) is 22.7. The fraction of sp³-hybridized carbons (Fsp3) is 0.333. The van der Waals surface area contributed by atoms with Crippen molar-refractivity contribution in [3.63, 3.8) is 0 Å². The summed E-state index contributed by atoms with van der Waals surface area (Å²) in [4.78, 5) is 20.0. The van der Waals surface area contributed by atoms with Gasteiger partial charge in [-0.2, -0.15) is 0 Å². The molecule has 5 heteroatoms. The summed E-state index contributed by atoms with van der Waals surface area (Å²) in [6.45, 7) is 7.82. The number of rotatable bonds is 6. The van der Waals surface area contributed by atoms with Gasteiger partial charge in [-0.3, -0.25) is 4.79 Å². The molecule has 2 heterocycles. The minimum absolute atomic E-state index is 0.0982. The van der Waals surface area contributed by atoms with Crippen molar-refractivity contribution in [3.05, 3.63) is 77.5 Å². The second-order valence-electron chi connectivity index (χ2n) is 8.49. The van der Waals surface area contributed by atoms with Gasteiger partial charge in [-0.05, 0) is 61.2 Å². The van der Waals surface area contributed by atoms with Crippen LogP contribution in [0.2, 0.25) is 0 Å². The Kier molecular flexibility index (Phi) is 6.56. The van der Waals surface area contributed by atoms with Gasteiger partial charge in [0.1, 0.15) is 11.6 Å². The molecule has 0 radical (unpaired) electrons. The van der Waals surface area contributed by atoms with Crippen LogP contribution in [0.1, 0.15) is 35.3 Å². The molecule has 0 N–H and O–H groups in total. The van der Waals surface area contributed by atoms with Crippen molar-refractivity contribution in [2.24, 2.45) is 0 Å². The molecule has 2 atom stereocenters. The Morgan fingerprint density at radius 2 is 1.78 bits per heavy atom. The molecule has 5 nitrogen and oxygen atoms in total. The summed E-state index contributed by atoms with van der Waals surface area (Å²) in [6, 6.07) is 17.8. The smallest absolute Gasteiger partial charge is 0.167 e. The Morgan fingerprint density at radius 1 is 1.06 bits per heavy atom. The van der Waals surface area contributed by atoms with Crippen molar-refractivity contribution in [1.82, 2.24) is 4.98 Å². The SMILES string of the molecule is COc1ccc(-c2cccc(C(=O)Cc3ccc(N4CC(C)OC(C)C4)nc3)c2C)cc1. The zero-order valence-corrected chi connectivity index (χ0v) is 19.2. The lowest BCUT2D eigenvalue weighted by atomic mass is 9.93. The molecule has 1 saturated heterocycles. The third-order valence-corrected chi connectivity index (χ3v) is 5.95. The van der Waals surface area contributed by atoms with Crippen molar-refractivity contribution < 1.29 is 14.3 Å². The molecule has 0 spiro atoms. The number of methoxy groups -OCH3 is 1. The number of nitrogens with zero attached hydrogens (tertiary/aromatic N) is 2. The molecule has 3 aromatic rings. The van der Waals surface area contributed by atoms with Crippen molar-refractivity contribution in [3.8, 4) is 16.9 Å². The number of pyridine rings is 1. The first-order chi connectivity index (χ1) is 15.4. The molecule has 1 fully saturated rings. The van der Waals surface area contributed by atoms with Crippen LogP contribution in [0.3, 0.4) is 0 Å². The standard InChI is InChI=1S/C27H30N2O3/c1-18-16-29(17-19(2)32-18)27-13-8-21(15-28-27)14-26(30)25-7-5-6-24(20(25)3)22-9-11-23(31-4)12-10-22/h5-13,15,18-19H,14,16-17H2,1-4H3. The predicted octanol–water partition coefficient (Wildman–Crippen LogP) is 5.10. The number of anilines is 1. The summed E-state index contributed by atoms with van der Waals surface area (Å²) in [5.74, 6) is 1.84. The van der Waals surface area contributed by atoms with Crippen LogP contribution < -0.4 is 9.64 Å². The Labute approximate surface area is 190 Å². The van der Waals surface area contributed by atoms with E-state index in [0.29, 0.717) is 6.42 Å². The number of benzene rings is 2. The molecule has 1 aliphatic rings. The highest BCUT2D eigenvalue weighted by atomic mass is 16.5. The second kappa shape index (κ2) is 9.53. The van der Waals surface area contributed by atoms with Crippen molar-refractivity contribution in [2.75, 3.05) is 25.1 Å². The van der Waals surface area contributed by atoms with Crippen molar-refractivity contribution in [2.45, 2.75) is 39.4 Å². The van der Waals surface area contributed by atoms with E-state index in [4.69, 9.17) is 9.47 Å². The van der Waals surface area contributed by atoms with E-state index in [1.807, 2.05) is 61.7 Å².